The predicted octanol–water partition coefficient (Wildman–Crippen LogP) is 4.60. The Balaban J connectivity index is 1.99. The molecule has 0 aliphatic carbocycles. The van der Waals surface area contributed by atoms with Gasteiger partial charge in [0.25, 0.3) is 0 Å². The molecule has 0 spiro atoms. The Kier molecular flexibility index (Phi) is 3.52. The van der Waals surface area contributed by atoms with Gasteiger partial charge in [0.05, 0.1) is 0 Å². The summed E-state index contributed by atoms with van der Waals surface area (Å²) >= 11 is 0. The summed E-state index contributed by atoms with van der Waals surface area (Å²) in [5.41, 5.74) is 2.25. The highest BCUT2D eigenvalue weighted by Crippen LogP contribution is 2.29. The summed E-state index contributed by atoms with van der Waals surface area (Å²) in [6.07, 6.45) is 1.15. The van der Waals surface area contributed by atoms with Crippen molar-refractivity contribution in [2.24, 2.45) is 0 Å². The van der Waals surface area contributed by atoms with E-state index in [-0.39, 0.29) is 0 Å². The Labute approximate surface area is 123 Å². The highest BCUT2D eigenvalue weighted by molar-refractivity contribution is 5.96. The summed E-state index contributed by atoms with van der Waals surface area (Å²) < 4.78 is 5.08. The molecule has 3 aromatic rings. The van der Waals surface area contributed by atoms with Crippen LogP contribution in [-0.4, -0.2) is 5.97 Å². The maximum atomic E-state index is 11.2. The smallest absolute Gasteiger partial charge is 0.335 e. The van der Waals surface area contributed by atoms with E-state index in [0.29, 0.717) is 5.75 Å². The molecule has 3 rings (SSSR count). The third kappa shape index (κ3) is 2.70. The van der Waals surface area contributed by atoms with Gasteiger partial charge in [-0.1, -0.05) is 61.2 Å². The van der Waals surface area contributed by atoms with Gasteiger partial charge in [0.15, 0.2) is 0 Å². The van der Waals surface area contributed by atoms with E-state index in [4.69, 9.17) is 4.74 Å². The maximum absolute atomic E-state index is 11.2. The van der Waals surface area contributed by atoms with Crippen LogP contribution in [-0.2, 0) is 4.79 Å². The van der Waals surface area contributed by atoms with Crippen molar-refractivity contribution in [3.8, 4) is 16.9 Å². The lowest BCUT2D eigenvalue weighted by Gasteiger charge is -2.08. The summed E-state index contributed by atoms with van der Waals surface area (Å²) in [5, 5.41) is 2.41. The van der Waals surface area contributed by atoms with Crippen LogP contribution in [0, 0.1) is 0 Å². The number of benzene rings is 3. The zero-order valence-corrected chi connectivity index (χ0v) is 11.5. The van der Waals surface area contributed by atoms with Gasteiger partial charge in [-0.05, 0) is 34.0 Å². The molecule has 0 fully saturated rings. The molecule has 0 heterocycles. The van der Waals surface area contributed by atoms with Gasteiger partial charge in [-0.15, -0.1) is 0 Å². The summed E-state index contributed by atoms with van der Waals surface area (Å²) in [4.78, 5) is 11.2. The van der Waals surface area contributed by atoms with Crippen molar-refractivity contribution < 1.29 is 9.53 Å². The number of fused-ring (bicyclic) bond motifs is 1. The number of esters is 1. The molecular weight excluding hydrogens is 260 g/mol. The second-order valence-electron chi connectivity index (χ2n) is 4.68. The highest BCUT2D eigenvalue weighted by atomic mass is 16.5. The van der Waals surface area contributed by atoms with Crippen LogP contribution < -0.4 is 4.74 Å². The fourth-order valence-corrected chi connectivity index (χ4v) is 2.34. The van der Waals surface area contributed by atoms with Crippen LogP contribution >= 0.6 is 0 Å². The lowest BCUT2D eigenvalue weighted by molar-refractivity contribution is -0.128. The molecular formula is C19H14O2. The molecule has 102 valence electrons. The fraction of sp³-hybridized carbons (Fsp3) is 0. The monoisotopic (exact) mass is 274 g/mol. The van der Waals surface area contributed by atoms with Gasteiger partial charge < -0.3 is 4.74 Å². The van der Waals surface area contributed by atoms with Crippen molar-refractivity contribution in [3.05, 3.63) is 79.4 Å². The number of carbonyl (C=O) groups is 1. The molecule has 0 amide bonds. The van der Waals surface area contributed by atoms with Gasteiger partial charge in [-0.3, -0.25) is 0 Å². The normalized spacial score (nSPS) is 10.3. The topological polar surface area (TPSA) is 26.3 Å². The van der Waals surface area contributed by atoms with Crippen molar-refractivity contribution >= 4 is 16.7 Å². The Bertz CT molecular complexity index is 796. The van der Waals surface area contributed by atoms with Crippen molar-refractivity contribution in [1.29, 1.82) is 0 Å². The fourth-order valence-electron chi connectivity index (χ4n) is 2.34. The molecule has 0 unspecified atom stereocenters. The van der Waals surface area contributed by atoms with Crippen LogP contribution in [0.25, 0.3) is 21.9 Å². The minimum Gasteiger partial charge on any atom is -0.423 e. The quantitative estimate of drug-likeness (QED) is 0.396. The third-order valence-electron chi connectivity index (χ3n) is 3.34. The van der Waals surface area contributed by atoms with E-state index in [0.717, 1.165) is 17.2 Å². The van der Waals surface area contributed by atoms with E-state index in [2.05, 4.69) is 30.8 Å². The van der Waals surface area contributed by atoms with Crippen LogP contribution in [0.3, 0.4) is 0 Å². The molecule has 0 saturated carbocycles. The standard InChI is InChI=1S/C19H14O2/c1-2-19(20)21-16-12-10-15(11-13-16)18-9-5-7-14-6-3-4-8-17(14)18/h2-13H,1H2. The summed E-state index contributed by atoms with van der Waals surface area (Å²) in [6.45, 7) is 3.38. The summed E-state index contributed by atoms with van der Waals surface area (Å²) in [5.74, 6) is 0.0665. The number of ether oxygens (including phenoxy) is 1. The van der Waals surface area contributed by atoms with Gasteiger partial charge in [-0.25, -0.2) is 4.79 Å². The van der Waals surface area contributed by atoms with Gasteiger partial charge in [0, 0.05) is 6.08 Å². The molecule has 2 heteroatoms. The SMILES string of the molecule is C=CC(=O)Oc1ccc(-c2cccc3ccccc23)cc1. The molecule has 0 aliphatic rings. The number of hydrogen-bond acceptors (Lipinski definition) is 2. The predicted molar refractivity (Wildman–Crippen MR) is 85.2 cm³/mol. The average Bonchev–Trinajstić information content (AvgIpc) is 2.55. The molecule has 0 bridgehead atoms. The van der Waals surface area contributed by atoms with Crippen LogP contribution in [0.4, 0.5) is 0 Å². The van der Waals surface area contributed by atoms with Gasteiger partial charge in [0.1, 0.15) is 5.75 Å². The van der Waals surface area contributed by atoms with Crippen LogP contribution in [0.2, 0.25) is 0 Å². The van der Waals surface area contributed by atoms with Crippen molar-refractivity contribution in [2.75, 3.05) is 0 Å². The average molecular weight is 274 g/mol. The van der Waals surface area contributed by atoms with E-state index in [9.17, 15) is 4.79 Å². The molecule has 0 aliphatic heterocycles. The molecule has 0 radical (unpaired) electrons. The minimum atomic E-state index is -0.451. The van der Waals surface area contributed by atoms with Gasteiger partial charge in [-0.2, -0.15) is 0 Å². The Morgan fingerprint density at radius 2 is 1.62 bits per heavy atom. The molecule has 21 heavy (non-hydrogen) atoms. The Morgan fingerprint density at radius 3 is 2.38 bits per heavy atom. The lowest BCUT2D eigenvalue weighted by atomic mass is 9.98. The molecule has 0 saturated heterocycles. The van der Waals surface area contributed by atoms with Crippen molar-refractivity contribution in [3.63, 3.8) is 0 Å². The van der Waals surface area contributed by atoms with Crippen molar-refractivity contribution in [1.82, 2.24) is 0 Å². The first-order chi connectivity index (χ1) is 10.3. The zero-order chi connectivity index (χ0) is 14.7. The maximum Gasteiger partial charge on any atom is 0.335 e. The lowest BCUT2D eigenvalue weighted by Crippen LogP contribution is -2.02. The van der Waals surface area contributed by atoms with E-state index < -0.39 is 5.97 Å². The molecule has 0 aromatic heterocycles. The second kappa shape index (κ2) is 5.63. The number of carbonyl (C=O) groups excluding carboxylic acids is 1. The van der Waals surface area contributed by atoms with Gasteiger partial charge in [0.2, 0.25) is 0 Å². The first kappa shape index (κ1) is 13.1. The largest absolute Gasteiger partial charge is 0.423 e. The zero-order valence-electron chi connectivity index (χ0n) is 11.5. The molecule has 2 nitrogen and oxygen atoms in total. The first-order valence-electron chi connectivity index (χ1n) is 6.70. The highest BCUT2D eigenvalue weighted by Gasteiger charge is 2.04. The Morgan fingerprint density at radius 1 is 0.905 bits per heavy atom. The van der Waals surface area contributed by atoms with Gasteiger partial charge >= 0.3 is 5.97 Å². The minimum absolute atomic E-state index is 0.451. The number of hydrogen-bond donors (Lipinski definition) is 0. The first-order valence-corrected chi connectivity index (χ1v) is 6.70. The third-order valence-corrected chi connectivity index (χ3v) is 3.34. The summed E-state index contributed by atoms with van der Waals surface area (Å²) in [7, 11) is 0. The second-order valence-corrected chi connectivity index (χ2v) is 4.68. The van der Waals surface area contributed by atoms with E-state index in [1.165, 1.54) is 10.8 Å². The van der Waals surface area contributed by atoms with Crippen LogP contribution in [0.1, 0.15) is 0 Å². The van der Waals surface area contributed by atoms with E-state index in [1.54, 1.807) is 12.1 Å². The van der Waals surface area contributed by atoms with Crippen LogP contribution in [0.15, 0.2) is 79.4 Å². The van der Waals surface area contributed by atoms with E-state index >= 15 is 0 Å². The van der Waals surface area contributed by atoms with Crippen molar-refractivity contribution in [2.45, 2.75) is 0 Å². The molecule has 3 aromatic carbocycles. The molecule has 0 atom stereocenters. The summed E-state index contributed by atoms with van der Waals surface area (Å²) in [6, 6.07) is 22.0. The van der Waals surface area contributed by atoms with Crippen LogP contribution in [0.5, 0.6) is 5.75 Å². The van der Waals surface area contributed by atoms with E-state index in [1.807, 2.05) is 30.3 Å². The Hall–Kier alpha value is -2.87. The number of rotatable bonds is 3. The molecule has 0 N–H and O–H groups in total.